The zero-order chi connectivity index (χ0) is 8.84. The highest BCUT2D eigenvalue weighted by Crippen LogP contribution is 2.42. The summed E-state index contributed by atoms with van der Waals surface area (Å²) in [6, 6.07) is 5.34. The third-order valence-electron chi connectivity index (χ3n) is 2.55. The SMILES string of the molecule is Oc1ccc2c(C3CC3)[nH]nc2c1. The van der Waals surface area contributed by atoms with Crippen LogP contribution in [-0.2, 0) is 0 Å². The molecular formula is C10H10N2O. The van der Waals surface area contributed by atoms with Crippen molar-refractivity contribution in [1.29, 1.82) is 0 Å². The third kappa shape index (κ3) is 1.00. The van der Waals surface area contributed by atoms with Gasteiger partial charge in [0, 0.05) is 23.1 Å². The minimum atomic E-state index is 0.279. The van der Waals surface area contributed by atoms with Gasteiger partial charge in [-0.3, -0.25) is 5.10 Å². The monoisotopic (exact) mass is 174 g/mol. The molecule has 3 heteroatoms. The normalized spacial score (nSPS) is 16.6. The Labute approximate surface area is 75.4 Å². The Hall–Kier alpha value is -1.51. The van der Waals surface area contributed by atoms with Crippen molar-refractivity contribution in [2.75, 3.05) is 0 Å². The molecule has 1 fully saturated rings. The number of nitrogens with zero attached hydrogens (tertiary/aromatic N) is 1. The number of rotatable bonds is 1. The van der Waals surface area contributed by atoms with Crippen molar-refractivity contribution in [3.8, 4) is 5.75 Å². The van der Waals surface area contributed by atoms with Gasteiger partial charge in [0.15, 0.2) is 0 Å². The number of phenolic OH excluding ortho intramolecular Hbond substituents is 1. The molecule has 0 radical (unpaired) electrons. The van der Waals surface area contributed by atoms with Gasteiger partial charge in [-0.2, -0.15) is 5.10 Å². The maximum atomic E-state index is 9.24. The van der Waals surface area contributed by atoms with Crippen LogP contribution in [0.1, 0.15) is 24.5 Å². The van der Waals surface area contributed by atoms with Gasteiger partial charge < -0.3 is 5.11 Å². The van der Waals surface area contributed by atoms with E-state index in [1.54, 1.807) is 12.1 Å². The quantitative estimate of drug-likeness (QED) is 0.695. The van der Waals surface area contributed by atoms with Crippen LogP contribution >= 0.6 is 0 Å². The van der Waals surface area contributed by atoms with Gasteiger partial charge in [-0.05, 0) is 25.0 Å². The largest absolute Gasteiger partial charge is 0.508 e. The van der Waals surface area contributed by atoms with Crippen molar-refractivity contribution in [3.63, 3.8) is 0 Å². The molecule has 1 aromatic heterocycles. The fraction of sp³-hybridized carbons (Fsp3) is 0.300. The van der Waals surface area contributed by atoms with Crippen molar-refractivity contribution in [1.82, 2.24) is 10.2 Å². The van der Waals surface area contributed by atoms with Gasteiger partial charge in [0.1, 0.15) is 5.75 Å². The van der Waals surface area contributed by atoms with E-state index in [-0.39, 0.29) is 5.75 Å². The van der Waals surface area contributed by atoms with E-state index in [9.17, 15) is 5.11 Å². The number of fused-ring (bicyclic) bond motifs is 1. The molecule has 3 nitrogen and oxygen atoms in total. The number of aromatic amines is 1. The highest BCUT2D eigenvalue weighted by Gasteiger charge is 2.27. The first-order chi connectivity index (χ1) is 6.34. The molecule has 0 aliphatic heterocycles. The van der Waals surface area contributed by atoms with Crippen molar-refractivity contribution in [2.45, 2.75) is 18.8 Å². The van der Waals surface area contributed by atoms with E-state index in [4.69, 9.17) is 0 Å². The van der Waals surface area contributed by atoms with Crippen LogP contribution < -0.4 is 0 Å². The van der Waals surface area contributed by atoms with E-state index in [0.717, 1.165) is 10.9 Å². The second-order valence-corrected chi connectivity index (χ2v) is 3.61. The van der Waals surface area contributed by atoms with Gasteiger partial charge >= 0.3 is 0 Å². The van der Waals surface area contributed by atoms with Gasteiger partial charge in [-0.1, -0.05) is 0 Å². The number of phenols is 1. The lowest BCUT2D eigenvalue weighted by Crippen LogP contribution is -1.78. The molecule has 13 heavy (non-hydrogen) atoms. The Kier molecular flexibility index (Phi) is 1.20. The minimum absolute atomic E-state index is 0.279. The average Bonchev–Trinajstić information content (AvgIpc) is 2.87. The zero-order valence-corrected chi connectivity index (χ0v) is 7.12. The molecule has 1 aromatic carbocycles. The van der Waals surface area contributed by atoms with Crippen LogP contribution in [0, 0.1) is 0 Å². The molecule has 2 aromatic rings. The molecule has 0 saturated heterocycles. The molecule has 0 unspecified atom stereocenters. The molecule has 1 heterocycles. The Morgan fingerprint density at radius 2 is 2.23 bits per heavy atom. The zero-order valence-electron chi connectivity index (χ0n) is 7.12. The van der Waals surface area contributed by atoms with Crippen LogP contribution in [0.15, 0.2) is 18.2 Å². The van der Waals surface area contributed by atoms with Crippen molar-refractivity contribution in [2.24, 2.45) is 0 Å². The minimum Gasteiger partial charge on any atom is -0.508 e. The van der Waals surface area contributed by atoms with E-state index in [1.165, 1.54) is 18.5 Å². The number of hydrogen-bond donors (Lipinski definition) is 2. The average molecular weight is 174 g/mol. The molecule has 0 spiro atoms. The molecule has 3 rings (SSSR count). The van der Waals surface area contributed by atoms with Crippen LogP contribution in [0.4, 0.5) is 0 Å². The molecule has 1 saturated carbocycles. The summed E-state index contributed by atoms with van der Waals surface area (Å²) in [5, 5.41) is 17.6. The second kappa shape index (κ2) is 2.25. The first kappa shape index (κ1) is 6.95. The topological polar surface area (TPSA) is 48.9 Å². The summed E-state index contributed by atoms with van der Waals surface area (Å²) >= 11 is 0. The Balaban J connectivity index is 2.26. The lowest BCUT2D eigenvalue weighted by atomic mass is 10.1. The molecule has 2 N–H and O–H groups in total. The fourth-order valence-electron chi connectivity index (χ4n) is 1.70. The first-order valence-electron chi connectivity index (χ1n) is 4.51. The molecule has 0 amide bonds. The molecule has 0 atom stereocenters. The van der Waals surface area contributed by atoms with Crippen molar-refractivity contribution >= 4 is 10.9 Å². The predicted octanol–water partition coefficient (Wildman–Crippen LogP) is 2.15. The number of hydrogen-bond acceptors (Lipinski definition) is 2. The van der Waals surface area contributed by atoms with Gasteiger partial charge in [0.05, 0.1) is 5.52 Å². The van der Waals surface area contributed by atoms with Gasteiger partial charge in [-0.25, -0.2) is 0 Å². The Bertz CT molecular complexity index is 457. The summed E-state index contributed by atoms with van der Waals surface area (Å²) in [7, 11) is 0. The number of benzene rings is 1. The molecule has 0 bridgehead atoms. The smallest absolute Gasteiger partial charge is 0.117 e. The molecule has 66 valence electrons. The Morgan fingerprint density at radius 1 is 1.38 bits per heavy atom. The van der Waals surface area contributed by atoms with Crippen molar-refractivity contribution in [3.05, 3.63) is 23.9 Å². The van der Waals surface area contributed by atoms with Gasteiger partial charge in [0.2, 0.25) is 0 Å². The standard InChI is InChI=1S/C10H10N2O/c13-7-3-4-8-9(5-7)11-12-10(8)6-1-2-6/h3-6,13H,1-2H2,(H,11,12). The van der Waals surface area contributed by atoms with E-state index >= 15 is 0 Å². The summed E-state index contributed by atoms with van der Waals surface area (Å²) in [5.41, 5.74) is 2.09. The highest BCUT2D eigenvalue weighted by atomic mass is 16.3. The summed E-state index contributed by atoms with van der Waals surface area (Å²) in [4.78, 5) is 0. The predicted molar refractivity (Wildman–Crippen MR) is 49.7 cm³/mol. The number of nitrogens with one attached hydrogen (secondary N) is 1. The summed E-state index contributed by atoms with van der Waals surface area (Å²) in [6.45, 7) is 0. The lowest BCUT2D eigenvalue weighted by Gasteiger charge is -1.93. The number of aromatic hydroxyl groups is 1. The fourth-order valence-corrected chi connectivity index (χ4v) is 1.70. The van der Waals surface area contributed by atoms with Crippen LogP contribution in [0.5, 0.6) is 5.75 Å². The number of aromatic nitrogens is 2. The molecule has 1 aliphatic carbocycles. The van der Waals surface area contributed by atoms with E-state index in [1.807, 2.05) is 6.07 Å². The molecular weight excluding hydrogens is 164 g/mol. The van der Waals surface area contributed by atoms with E-state index < -0.39 is 0 Å². The highest BCUT2D eigenvalue weighted by molar-refractivity contribution is 5.83. The summed E-state index contributed by atoms with van der Waals surface area (Å²) < 4.78 is 0. The third-order valence-corrected chi connectivity index (χ3v) is 2.55. The van der Waals surface area contributed by atoms with Crippen molar-refractivity contribution < 1.29 is 5.11 Å². The summed E-state index contributed by atoms with van der Waals surface area (Å²) in [6.07, 6.45) is 2.52. The molecule has 1 aliphatic rings. The van der Waals surface area contributed by atoms with Crippen LogP contribution in [-0.4, -0.2) is 15.3 Å². The summed E-state index contributed by atoms with van der Waals surface area (Å²) in [5.74, 6) is 0.955. The Morgan fingerprint density at radius 3 is 3.00 bits per heavy atom. The van der Waals surface area contributed by atoms with Gasteiger partial charge in [-0.15, -0.1) is 0 Å². The van der Waals surface area contributed by atoms with Gasteiger partial charge in [0.25, 0.3) is 0 Å². The van der Waals surface area contributed by atoms with E-state index in [2.05, 4.69) is 10.2 Å². The first-order valence-corrected chi connectivity index (χ1v) is 4.51. The second-order valence-electron chi connectivity index (χ2n) is 3.61. The van der Waals surface area contributed by atoms with Crippen LogP contribution in [0.25, 0.3) is 10.9 Å². The van der Waals surface area contributed by atoms with E-state index in [0.29, 0.717) is 5.92 Å². The van der Waals surface area contributed by atoms with Crippen LogP contribution in [0.2, 0.25) is 0 Å². The maximum Gasteiger partial charge on any atom is 0.117 e. The lowest BCUT2D eigenvalue weighted by molar-refractivity contribution is 0.476. The van der Waals surface area contributed by atoms with Crippen LogP contribution in [0.3, 0.4) is 0 Å². The number of H-pyrrole nitrogens is 1. The maximum absolute atomic E-state index is 9.24.